The molecule has 3 atom stereocenters. The second-order valence-corrected chi connectivity index (χ2v) is 4.32. The second kappa shape index (κ2) is 7.69. The average molecular weight is 216 g/mol. The van der Waals surface area contributed by atoms with Crippen molar-refractivity contribution in [3.05, 3.63) is 0 Å². The number of hydrogen-bond acceptors (Lipinski definition) is 2. The van der Waals surface area contributed by atoms with Crippen molar-refractivity contribution in [2.24, 2.45) is 11.8 Å². The molecule has 0 fully saturated rings. The van der Waals surface area contributed by atoms with Crippen LogP contribution in [0.2, 0.25) is 0 Å². The van der Waals surface area contributed by atoms with Crippen LogP contribution in [0.1, 0.15) is 52.9 Å². The van der Waals surface area contributed by atoms with Crippen molar-refractivity contribution in [2.75, 3.05) is 0 Å². The third-order valence-electron chi connectivity index (χ3n) is 3.17. The van der Waals surface area contributed by atoms with Gasteiger partial charge in [0.1, 0.15) is 0 Å². The predicted molar refractivity (Wildman–Crippen MR) is 60.7 cm³/mol. The summed E-state index contributed by atoms with van der Waals surface area (Å²) in [6.45, 7) is 5.94. The first-order valence-corrected chi connectivity index (χ1v) is 5.93. The van der Waals surface area contributed by atoms with Crippen molar-refractivity contribution in [1.29, 1.82) is 0 Å². The van der Waals surface area contributed by atoms with Crippen LogP contribution < -0.4 is 0 Å². The molecule has 90 valence electrons. The van der Waals surface area contributed by atoms with Gasteiger partial charge in [-0.3, -0.25) is 4.79 Å². The molecule has 0 spiro atoms. The second-order valence-electron chi connectivity index (χ2n) is 4.32. The van der Waals surface area contributed by atoms with Gasteiger partial charge in [0.2, 0.25) is 0 Å². The molecule has 0 heterocycles. The molecule has 0 aromatic rings. The molecule has 0 aromatic heterocycles. The number of aliphatic hydroxyl groups is 1. The number of aliphatic hydroxyl groups excluding tert-OH is 1. The Morgan fingerprint density at radius 2 is 1.80 bits per heavy atom. The summed E-state index contributed by atoms with van der Waals surface area (Å²) in [6, 6.07) is 0. The van der Waals surface area contributed by atoms with Crippen molar-refractivity contribution in [3.8, 4) is 0 Å². The lowest BCUT2D eigenvalue weighted by molar-refractivity contribution is -0.143. The topological polar surface area (TPSA) is 57.5 Å². The summed E-state index contributed by atoms with van der Waals surface area (Å²) < 4.78 is 0. The van der Waals surface area contributed by atoms with Crippen molar-refractivity contribution >= 4 is 5.97 Å². The van der Waals surface area contributed by atoms with Gasteiger partial charge in [-0.2, -0.15) is 0 Å². The van der Waals surface area contributed by atoms with E-state index in [1.807, 2.05) is 20.8 Å². The van der Waals surface area contributed by atoms with Crippen LogP contribution in [0.4, 0.5) is 0 Å². The van der Waals surface area contributed by atoms with Crippen LogP contribution in [-0.2, 0) is 4.79 Å². The lowest BCUT2D eigenvalue weighted by atomic mass is 9.87. The Balaban J connectivity index is 3.92. The largest absolute Gasteiger partial charge is 0.481 e. The molecule has 0 saturated heterocycles. The van der Waals surface area contributed by atoms with E-state index in [2.05, 4.69) is 0 Å². The van der Waals surface area contributed by atoms with Crippen LogP contribution in [0.5, 0.6) is 0 Å². The zero-order chi connectivity index (χ0) is 11.8. The van der Waals surface area contributed by atoms with E-state index in [9.17, 15) is 9.90 Å². The summed E-state index contributed by atoms with van der Waals surface area (Å²) in [6.07, 6.45) is 3.58. The zero-order valence-corrected chi connectivity index (χ0v) is 10.1. The smallest absolute Gasteiger partial charge is 0.306 e. The first kappa shape index (κ1) is 14.4. The molecule has 3 heteroatoms. The number of aliphatic carboxylic acids is 1. The van der Waals surface area contributed by atoms with Crippen LogP contribution in [0.3, 0.4) is 0 Å². The third kappa shape index (κ3) is 5.78. The summed E-state index contributed by atoms with van der Waals surface area (Å²) in [5.74, 6) is -0.726. The maximum Gasteiger partial charge on any atom is 0.306 e. The average Bonchev–Trinajstić information content (AvgIpc) is 2.22. The molecule has 0 aliphatic carbocycles. The van der Waals surface area contributed by atoms with Gasteiger partial charge in [-0.1, -0.05) is 33.6 Å². The van der Waals surface area contributed by atoms with Crippen LogP contribution in [-0.4, -0.2) is 22.3 Å². The summed E-state index contributed by atoms with van der Waals surface area (Å²) in [7, 11) is 0. The Morgan fingerprint density at radius 1 is 1.20 bits per heavy atom. The number of carboxylic acid groups (broad SMARTS) is 1. The number of carboxylic acids is 1. The van der Waals surface area contributed by atoms with Gasteiger partial charge >= 0.3 is 5.97 Å². The number of hydrogen-bond donors (Lipinski definition) is 2. The van der Waals surface area contributed by atoms with E-state index in [0.29, 0.717) is 6.42 Å². The standard InChI is InChI=1S/C12H24O3/c1-4-9(3)11(12(14)15)8-6-7-10(13)5-2/h9-11,13H,4-8H2,1-3H3,(H,14,15). The minimum atomic E-state index is -0.699. The predicted octanol–water partition coefficient (Wildman–Crippen LogP) is 2.67. The van der Waals surface area contributed by atoms with Crippen molar-refractivity contribution in [1.82, 2.24) is 0 Å². The van der Waals surface area contributed by atoms with Gasteiger partial charge in [-0.15, -0.1) is 0 Å². The Labute approximate surface area is 92.5 Å². The molecule has 3 nitrogen and oxygen atoms in total. The summed E-state index contributed by atoms with van der Waals surface area (Å²) >= 11 is 0. The SMILES string of the molecule is CCC(O)CCCC(C(=O)O)C(C)CC. The van der Waals surface area contributed by atoms with Gasteiger partial charge in [0.25, 0.3) is 0 Å². The van der Waals surface area contributed by atoms with E-state index >= 15 is 0 Å². The summed E-state index contributed by atoms with van der Waals surface area (Å²) in [5, 5.41) is 18.4. The fourth-order valence-electron chi connectivity index (χ4n) is 1.71. The van der Waals surface area contributed by atoms with Gasteiger partial charge in [0, 0.05) is 0 Å². The van der Waals surface area contributed by atoms with Crippen molar-refractivity contribution in [3.63, 3.8) is 0 Å². The normalized spacial score (nSPS) is 17.1. The fourth-order valence-corrected chi connectivity index (χ4v) is 1.71. The Kier molecular flexibility index (Phi) is 7.39. The van der Waals surface area contributed by atoms with Crippen molar-refractivity contribution in [2.45, 2.75) is 59.0 Å². The van der Waals surface area contributed by atoms with E-state index in [1.165, 1.54) is 0 Å². The zero-order valence-electron chi connectivity index (χ0n) is 10.1. The van der Waals surface area contributed by atoms with E-state index in [0.717, 1.165) is 25.7 Å². The molecule has 0 rings (SSSR count). The highest BCUT2D eigenvalue weighted by Gasteiger charge is 2.22. The van der Waals surface area contributed by atoms with E-state index in [-0.39, 0.29) is 17.9 Å². The van der Waals surface area contributed by atoms with E-state index < -0.39 is 5.97 Å². The summed E-state index contributed by atoms with van der Waals surface area (Å²) in [5.41, 5.74) is 0. The van der Waals surface area contributed by atoms with Crippen molar-refractivity contribution < 1.29 is 15.0 Å². The fraction of sp³-hybridized carbons (Fsp3) is 0.917. The first-order valence-electron chi connectivity index (χ1n) is 5.93. The Morgan fingerprint density at radius 3 is 2.20 bits per heavy atom. The lowest BCUT2D eigenvalue weighted by Crippen LogP contribution is -2.21. The molecule has 0 saturated carbocycles. The van der Waals surface area contributed by atoms with E-state index in [4.69, 9.17) is 5.11 Å². The van der Waals surface area contributed by atoms with Crippen LogP contribution in [0, 0.1) is 11.8 Å². The molecule has 2 N–H and O–H groups in total. The number of carbonyl (C=O) groups is 1. The Hall–Kier alpha value is -0.570. The molecule has 0 aromatic carbocycles. The van der Waals surface area contributed by atoms with Gasteiger partial charge in [-0.25, -0.2) is 0 Å². The molecule has 0 aliphatic rings. The third-order valence-corrected chi connectivity index (χ3v) is 3.17. The number of rotatable bonds is 8. The highest BCUT2D eigenvalue weighted by Crippen LogP contribution is 2.22. The quantitative estimate of drug-likeness (QED) is 0.656. The van der Waals surface area contributed by atoms with Crippen LogP contribution in [0.25, 0.3) is 0 Å². The maximum absolute atomic E-state index is 11.0. The van der Waals surface area contributed by atoms with Crippen LogP contribution in [0.15, 0.2) is 0 Å². The molecular weight excluding hydrogens is 192 g/mol. The molecule has 0 aliphatic heterocycles. The van der Waals surface area contributed by atoms with Gasteiger partial charge in [0.05, 0.1) is 12.0 Å². The molecule has 0 bridgehead atoms. The monoisotopic (exact) mass is 216 g/mol. The molecule has 3 unspecified atom stereocenters. The highest BCUT2D eigenvalue weighted by atomic mass is 16.4. The first-order chi connectivity index (χ1) is 7.02. The van der Waals surface area contributed by atoms with Crippen LogP contribution >= 0.6 is 0 Å². The summed E-state index contributed by atoms with van der Waals surface area (Å²) in [4.78, 5) is 11.0. The maximum atomic E-state index is 11.0. The Bertz CT molecular complexity index is 180. The minimum absolute atomic E-state index is 0.223. The van der Waals surface area contributed by atoms with Gasteiger partial charge in [0.15, 0.2) is 0 Å². The van der Waals surface area contributed by atoms with E-state index in [1.54, 1.807) is 0 Å². The molecule has 0 amide bonds. The molecule has 15 heavy (non-hydrogen) atoms. The highest BCUT2D eigenvalue weighted by molar-refractivity contribution is 5.70. The molecule has 0 radical (unpaired) electrons. The lowest BCUT2D eigenvalue weighted by Gasteiger charge is -2.19. The molecular formula is C12H24O3. The minimum Gasteiger partial charge on any atom is -0.481 e. The van der Waals surface area contributed by atoms with Gasteiger partial charge in [-0.05, 0) is 25.2 Å². The van der Waals surface area contributed by atoms with Gasteiger partial charge < -0.3 is 10.2 Å².